The van der Waals surface area contributed by atoms with Crippen molar-refractivity contribution >= 4 is 0 Å². The maximum atomic E-state index is 3.75. The van der Waals surface area contributed by atoms with Crippen LogP contribution in [0, 0.1) is 5.92 Å². The first kappa shape index (κ1) is 17.0. The molecule has 0 heterocycles. The van der Waals surface area contributed by atoms with E-state index in [2.05, 4.69) is 59.4 Å². The van der Waals surface area contributed by atoms with Gasteiger partial charge in [-0.2, -0.15) is 0 Å². The summed E-state index contributed by atoms with van der Waals surface area (Å²) >= 11 is 0. The second-order valence-corrected chi connectivity index (χ2v) is 5.44. The van der Waals surface area contributed by atoms with Crippen LogP contribution >= 0.6 is 0 Å². The molecule has 0 aliphatic carbocycles. The Hall–Kier alpha value is -1.04. The first-order valence-corrected chi connectivity index (χ1v) is 7.05. The van der Waals surface area contributed by atoms with Crippen LogP contribution in [0.5, 0.6) is 0 Å². The average Bonchev–Trinajstić information content (AvgIpc) is 2.28. The minimum absolute atomic E-state index is 0.557. The van der Waals surface area contributed by atoms with Crippen molar-refractivity contribution in [2.24, 2.45) is 5.92 Å². The molecule has 18 heavy (non-hydrogen) atoms. The van der Waals surface area contributed by atoms with Crippen molar-refractivity contribution in [3.63, 3.8) is 0 Å². The normalized spacial score (nSPS) is 14.3. The van der Waals surface area contributed by atoms with Crippen LogP contribution in [-0.2, 0) is 0 Å². The molecule has 0 spiro atoms. The average molecular weight is 246 g/mol. The van der Waals surface area contributed by atoms with Gasteiger partial charge in [0.1, 0.15) is 0 Å². The van der Waals surface area contributed by atoms with Gasteiger partial charge < -0.3 is 0 Å². The van der Waals surface area contributed by atoms with E-state index in [0.717, 1.165) is 19.3 Å². The molecule has 0 aromatic rings. The third-order valence-corrected chi connectivity index (χ3v) is 3.18. The number of unbranched alkanes of at least 4 members (excludes halogenated alkanes) is 1. The van der Waals surface area contributed by atoms with Crippen LogP contribution in [0.4, 0.5) is 0 Å². The zero-order valence-electron chi connectivity index (χ0n) is 12.9. The van der Waals surface area contributed by atoms with Crippen molar-refractivity contribution in [1.29, 1.82) is 0 Å². The predicted molar refractivity (Wildman–Crippen MR) is 84.8 cm³/mol. The molecular weight excluding hydrogens is 216 g/mol. The highest BCUT2D eigenvalue weighted by molar-refractivity contribution is 5.14. The maximum Gasteiger partial charge on any atom is -0.00519 e. The van der Waals surface area contributed by atoms with E-state index in [1.807, 2.05) is 6.08 Å². The van der Waals surface area contributed by atoms with Crippen LogP contribution in [0.1, 0.15) is 60.3 Å². The summed E-state index contributed by atoms with van der Waals surface area (Å²) in [5, 5.41) is 0. The number of allylic oxidation sites excluding steroid dienone is 7. The molecule has 0 saturated heterocycles. The number of rotatable bonds is 8. The minimum atomic E-state index is 0.557. The first-order valence-electron chi connectivity index (χ1n) is 7.05. The van der Waals surface area contributed by atoms with Gasteiger partial charge in [-0.25, -0.2) is 0 Å². The molecule has 102 valence electrons. The summed E-state index contributed by atoms with van der Waals surface area (Å²) in [6.07, 6.45) is 13.6. The third kappa shape index (κ3) is 9.04. The minimum Gasteiger partial charge on any atom is -0.103 e. The van der Waals surface area contributed by atoms with Gasteiger partial charge in [-0.15, -0.1) is 6.58 Å². The molecule has 0 heteroatoms. The molecule has 0 aliphatic heterocycles. The molecule has 0 aromatic carbocycles. The van der Waals surface area contributed by atoms with Gasteiger partial charge in [0.05, 0.1) is 0 Å². The molecule has 0 rings (SSSR count). The largest absolute Gasteiger partial charge is 0.103 e. The van der Waals surface area contributed by atoms with Gasteiger partial charge >= 0.3 is 0 Å². The second-order valence-electron chi connectivity index (χ2n) is 5.44. The molecule has 0 bridgehead atoms. The van der Waals surface area contributed by atoms with E-state index in [9.17, 15) is 0 Å². The Morgan fingerprint density at radius 1 is 1.00 bits per heavy atom. The summed E-state index contributed by atoms with van der Waals surface area (Å²) < 4.78 is 0. The highest BCUT2D eigenvalue weighted by Crippen LogP contribution is 2.17. The Kier molecular flexibility index (Phi) is 9.36. The van der Waals surface area contributed by atoms with Crippen LogP contribution in [-0.4, -0.2) is 0 Å². The predicted octanol–water partition coefficient (Wildman–Crippen LogP) is 6.23. The summed E-state index contributed by atoms with van der Waals surface area (Å²) in [6, 6.07) is 0. The van der Waals surface area contributed by atoms with E-state index in [-0.39, 0.29) is 0 Å². The highest BCUT2D eigenvalue weighted by atomic mass is 14.1. The standard InChI is InChI=1S/C18H30/c1-7-8-9-13-17(5)18(6)14-16(4)12-10-11-15(2)3/h7,11,13-14,18H,1,8-10,12H2,2-6H3. The van der Waals surface area contributed by atoms with Crippen molar-refractivity contribution in [1.82, 2.24) is 0 Å². The van der Waals surface area contributed by atoms with Crippen LogP contribution in [0.3, 0.4) is 0 Å². The summed E-state index contributed by atoms with van der Waals surface area (Å²) in [5.41, 5.74) is 4.38. The van der Waals surface area contributed by atoms with E-state index < -0.39 is 0 Å². The lowest BCUT2D eigenvalue weighted by atomic mass is 9.97. The zero-order chi connectivity index (χ0) is 14.0. The van der Waals surface area contributed by atoms with Crippen LogP contribution < -0.4 is 0 Å². The van der Waals surface area contributed by atoms with E-state index in [1.54, 1.807) is 0 Å². The van der Waals surface area contributed by atoms with Crippen molar-refractivity contribution in [2.75, 3.05) is 0 Å². The van der Waals surface area contributed by atoms with Crippen LogP contribution in [0.2, 0.25) is 0 Å². The molecule has 0 aliphatic rings. The lowest BCUT2D eigenvalue weighted by Gasteiger charge is -2.09. The monoisotopic (exact) mass is 246 g/mol. The summed E-state index contributed by atoms with van der Waals surface area (Å²) in [4.78, 5) is 0. The Morgan fingerprint density at radius 3 is 2.22 bits per heavy atom. The quantitative estimate of drug-likeness (QED) is 0.352. The zero-order valence-corrected chi connectivity index (χ0v) is 12.9. The van der Waals surface area contributed by atoms with Crippen molar-refractivity contribution in [2.45, 2.75) is 60.3 Å². The number of hydrogen-bond acceptors (Lipinski definition) is 0. The molecule has 1 unspecified atom stereocenters. The molecule has 0 nitrogen and oxygen atoms in total. The fourth-order valence-electron chi connectivity index (χ4n) is 1.84. The Bertz CT molecular complexity index is 322. The van der Waals surface area contributed by atoms with E-state index in [1.165, 1.54) is 23.1 Å². The fraction of sp³-hybridized carbons (Fsp3) is 0.556. The van der Waals surface area contributed by atoms with Crippen molar-refractivity contribution < 1.29 is 0 Å². The highest BCUT2D eigenvalue weighted by Gasteiger charge is 2.00. The summed E-state index contributed by atoms with van der Waals surface area (Å²) in [6.45, 7) is 14.8. The SMILES string of the molecule is C=CCCC=C(C)C(C)C=C(C)CCC=C(C)C. The molecule has 0 saturated carbocycles. The Balaban J connectivity index is 4.24. The van der Waals surface area contributed by atoms with Gasteiger partial charge in [0.2, 0.25) is 0 Å². The lowest BCUT2D eigenvalue weighted by Crippen LogP contribution is -1.93. The Labute approximate surface area is 114 Å². The van der Waals surface area contributed by atoms with E-state index in [0.29, 0.717) is 5.92 Å². The van der Waals surface area contributed by atoms with Gasteiger partial charge in [0.15, 0.2) is 0 Å². The summed E-state index contributed by atoms with van der Waals surface area (Å²) in [7, 11) is 0. The Morgan fingerprint density at radius 2 is 1.67 bits per heavy atom. The van der Waals surface area contributed by atoms with Gasteiger partial charge in [0, 0.05) is 0 Å². The van der Waals surface area contributed by atoms with E-state index in [4.69, 9.17) is 0 Å². The van der Waals surface area contributed by atoms with Gasteiger partial charge in [-0.05, 0) is 59.3 Å². The van der Waals surface area contributed by atoms with Crippen LogP contribution in [0.15, 0.2) is 47.6 Å². The molecular formula is C18H30. The van der Waals surface area contributed by atoms with Crippen LogP contribution in [0.25, 0.3) is 0 Å². The first-order chi connectivity index (χ1) is 8.47. The van der Waals surface area contributed by atoms with Crippen molar-refractivity contribution in [3.8, 4) is 0 Å². The lowest BCUT2D eigenvalue weighted by molar-refractivity contribution is 0.821. The molecule has 0 aromatic heterocycles. The second kappa shape index (κ2) is 9.94. The smallest absolute Gasteiger partial charge is 0.00519 e. The third-order valence-electron chi connectivity index (χ3n) is 3.18. The fourth-order valence-corrected chi connectivity index (χ4v) is 1.84. The van der Waals surface area contributed by atoms with Gasteiger partial charge in [-0.1, -0.05) is 47.9 Å². The van der Waals surface area contributed by atoms with Crippen molar-refractivity contribution in [3.05, 3.63) is 47.6 Å². The summed E-state index contributed by atoms with van der Waals surface area (Å²) in [5.74, 6) is 0.557. The molecule has 0 amide bonds. The van der Waals surface area contributed by atoms with Gasteiger partial charge in [0.25, 0.3) is 0 Å². The van der Waals surface area contributed by atoms with Gasteiger partial charge in [-0.3, -0.25) is 0 Å². The maximum absolute atomic E-state index is 3.75. The molecule has 0 radical (unpaired) electrons. The molecule has 1 atom stereocenters. The molecule has 0 fully saturated rings. The topological polar surface area (TPSA) is 0 Å². The molecule has 0 N–H and O–H groups in total. The number of hydrogen-bond donors (Lipinski definition) is 0. The van der Waals surface area contributed by atoms with E-state index >= 15 is 0 Å².